The van der Waals surface area contributed by atoms with Crippen molar-refractivity contribution in [2.24, 2.45) is 5.92 Å². The van der Waals surface area contributed by atoms with Gasteiger partial charge in [0.1, 0.15) is 0 Å². The molecule has 1 aromatic heterocycles. The van der Waals surface area contributed by atoms with Crippen molar-refractivity contribution in [2.45, 2.75) is 31.3 Å². The largest absolute Gasteiger partial charge is 0.353 e. The van der Waals surface area contributed by atoms with Gasteiger partial charge in [0, 0.05) is 24.4 Å². The van der Waals surface area contributed by atoms with Crippen LogP contribution in [-0.2, 0) is 9.59 Å². The highest BCUT2D eigenvalue weighted by Gasteiger charge is 2.44. The summed E-state index contributed by atoms with van der Waals surface area (Å²) in [6, 6.07) is 4.23. The van der Waals surface area contributed by atoms with Crippen LogP contribution < -0.4 is 5.32 Å². The zero-order valence-corrected chi connectivity index (χ0v) is 11.1. The van der Waals surface area contributed by atoms with Gasteiger partial charge in [0.2, 0.25) is 11.8 Å². The van der Waals surface area contributed by atoms with E-state index in [2.05, 4.69) is 5.32 Å². The normalized spacial score (nSPS) is 27.6. The fourth-order valence-electron chi connectivity index (χ4n) is 2.49. The first kappa shape index (κ1) is 11.7. The number of hydrogen-bond donors (Lipinski definition) is 1. The Balaban J connectivity index is 1.82. The lowest BCUT2D eigenvalue weighted by Gasteiger charge is -2.23. The van der Waals surface area contributed by atoms with Gasteiger partial charge in [-0.25, -0.2) is 0 Å². The second kappa shape index (κ2) is 4.39. The summed E-state index contributed by atoms with van der Waals surface area (Å²) in [5.74, 6) is -0.139. The number of hydrogen-bond acceptors (Lipinski definition) is 3. The molecule has 5 heteroatoms. The van der Waals surface area contributed by atoms with E-state index in [1.165, 1.54) is 0 Å². The molecule has 3 rings (SSSR count). The molecular weight excluding hydrogens is 248 g/mol. The smallest absolute Gasteiger partial charge is 0.226 e. The van der Waals surface area contributed by atoms with E-state index in [1.54, 1.807) is 23.3 Å². The Morgan fingerprint density at radius 2 is 2.28 bits per heavy atom. The Labute approximate surface area is 110 Å². The quantitative estimate of drug-likeness (QED) is 0.900. The molecule has 1 aromatic rings. The number of thiophene rings is 1. The van der Waals surface area contributed by atoms with Crippen molar-refractivity contribution < 1.29 is 9.59 Å². The Hall–Kier alpha value is -1.36. The van der Waals surface area contributed by atoms with Crippen LogP contribution in [0.3, 0.4) is 0 Å². The molecule has 18 heavy (non-hydrogen) atoms. The molecule has 1 saturated heterocycles. The van der Waals surface area contributed by atoms with E-state index >= 15 is 0 Å². The van der Waals surface area contributed by atoms with E-state index in [0.717, 1.165) is 17.7 Å². The average molecular weight is 264 g/mol. The summed E-state index contributed by atoms with van der Waals surface area (Å²) in [5.41, 5.74) is 0. The number of rotatable bonds is 3. The van der Waals surface area contributed by atoms with Crippen LogP contribution in [0, 0.1) is 5.92 Å². The highest BCUT2D eigenvalue weighted by atomic mass is 32.1. The number of carbonyl (C=O) groups excluding carboxylic acids is 2. The number of nitrogens with zero attached hydrogens (tertiary/aromatic N) is 1. The van der Waals surface area contributed by atoms with Gasteiger partial charge < -0.3 is 10.2 Å². The molecular formula is C13H16N2O2S. The Bertz CT molecular complexity index is 467. The van der Waals surface area contributed by atoms with E-state index in [4.69, 9.17) is 0 Å². The molecule has 1 saturated carbocycles. The molecule has 1 aliphatic carbocycles. The van der Waals surface area contributed by atoms with Gasteiger partial charge in [-0.2, -0.15) is 0 Å². The van der Waals surface area contributed by atoms with Crippen LogP contribution in [-0.4, -0.2) is 29.8 Å². The van der Waals surface area contributed by atoms with Gasteiger partial charge in [0.05, 0.1) is 12.0 Å². The Morgan fingerprint density at radius 3 is 2.89 bits per heavy atom. The molecule has 2 aliphatic rings. The van der Waals surface area contributed by atoms with Gasteiger partial charge in [-0.05, 0) is 24.3 Å². The van der Waals surface area contributed by atoms with Crippen molar-refractivity contribution in [1.29, 1.82) is 0 Å². The summed E-state index contributed by atoms with van der Waals surface area (Å²) in [6.07, 6.45) is 2.48. The van der Waals surface area contributed by atoms with Crippen LogP contribution in [0.1, 0.15) is 30.2 Å². The van der Waals surface area contributed by atoms with Crippen LogP contribution in [0.2, 0.25) is 0 Å². The highest BCUT2D eigenvalue weighted by molar-refractivity contribution is 7.10. The number of amides is 2. The first-order valence-electron chi connectivity index (χ1n) is 6.26. The summed E-state index contributed by atoms with van der Waals surface area (Å²) in [7, 11) is 1.79. The van der Waals surface area contributed by atoms with Gasteiger partial charge in [-0.1, -0.05) is 6.07 Å². The molecule has 0 spiro atoms. The third-order valence-electron chi connectivity index (χ3n) is 3.68. The Kier molecular flexibility index (Phi) is 2.86. The number of carbonyl (C=O) groups is 2. The standard InChI is InChI=1S/C13H16N2O2S/c1-15-11(16)7-9(13(17)14-8-4-5-8)12(15)10-3-2-6-18-10/h2-3,6,8-9,12H,4-5,7H2,1H3,(H,14,17)/t9-,12+/m0/s1. The molecule has 2 atom stereocenters. The number of likely N-dealkylation sites (tertiary alicyclic amines) is 1. The van der Waals surface area contributed by atoms with Gasteiger partial charge in [-0.3, -0.25) is 9.59 Å². The topological polar surface area (TPSA) is 49.4 Å². The van der Waals surface area contributed by atoms with Crippen LogP contribution in [0.25, 0.3) is 0 Å². The lowest BCUT2D eigenvalue weighted by atomic mass is 9.98. The van der Waals surface area contributed by atoms with Crippen LogP contribution in [0.15, 0.2) is 17.5 Å². The summed E-state index contributed by atoms with van der Waals surface area (Å²) >= 11 is 1.61. The van der Waals surface area contributed by atoms with Crippen molar-refractivity contribution in [3.8, 4) is 0 Å². The van der Waals surface area contributed by atoms with Crippen LogP contribution in [0.5, 0.6) is 0 Å². The average Bonchev–Trinajstić information content (AvgIpc) is 2.89. The van der Waals surface area contributed by atoms with Crippen LogP contribution >= 0.6 is 11.3 Å². The van der Waals surface area contributed by atoms with Crippen molar-refractivity contribution in [3.05, 3.63) is 22.4 Å². The molecule has 0 aromatic carbocycles. The van der Waals surface area contributed by atoms with Crippen molar-refractivity contribution in [1.82, 2.24) is 10.2 Å². The SMILES string of the molecule is CN1C(=O)C[C@H](C(=O)NC2CC2)[C@@H]1c1cccs1. The molecule has 0 unspecified atom stereocenters. The van der Waals surface area contributed by atoms with E-state index in [9.17, 15) is 9.59 Å². The van der Waals surface area contributed by atoms with Crippen molar-refractivity contribution >= 4 is 23.2 Å². The lowest BCUT2D eigenvalue weighted by Crippen LogP contribution is -2.35. The fourth-order valence-corrected chi connectivity index (χ4v) is 3.42. The van der Waals surface area contributed by atoms with Crippen molar-refractivity contribution in [3.63, 3.8) is 0 Å². The van der Waals surface area contributed by atoms with E-state index in [1.807, 2.05) is 17.5 Å². The molecule has 1 aliphatic heterocycles. The first-order chi connectivity index (χ1) is 8.66. The molecule has 0 bridgehead atoms. The zero-order chi connectivity index (χ0) is 12.7. The summed E-state index contributed by atoms with van der Waals surface area (Å²) < 4.78 is 0. The van der Waals surface area contributed by atoms with E-state index < -0.39 is 0 Å². The molecule has 2 amide bonds. The van der Waals surface area contributed by atoms with Gasteiger partial charge in [0.15, 0.2) is 0 Å². The lowest BCUT2D eigenvalue weighted by molar-refractivity contribution is -0.128. The minimum absolute atomic E-state index is 0.0357. The highest BCUT2D eigenvalue weighted by Crippen LogP contribution is 2.39. The van der Waals surface area contributed by atoms with E-state index in [-0.39, 0.29) is 23.8 Å². The predicted molar refractivity (Wildman–Crippen MR) is 69.1 cm³/mol. The molecule has 4 nitrogen and oxygen atoms in total. The first-order valence-corrected chi connectivity index (χ1v) is 7.14. The van der Waals surface area contributed by atoms with E-state index in [0.29, 0.717) is 12.5 Å². The summed E-state index contributed by atoms with van der Waals surface area (Å²) in [6.45, 7) is 0. The van der Waals surface area contributed by atoms with Crippen LogP contribution in [0.4, 0.5) is 0 Å². The maximum atomic E-state index is 12.2. The number of nitrogens with one attached hydrogen (secondary N) is 1. The second-order valence-corrected chi connectivity index (χ2v) is 6.04. The fraction of sp³-hybridized carbons (Fsp3) is 0.538. The molecule has 2 heterocycles. The third-order valence-corrected chi connectivity index (χ3v) is 4.62. The molecule has 0 radical (unpaired) electrons. The van der Waals surface area contributed by atoms with Crippen molar-refractivity contribution in [2.75, 3.05) is 7.05 Å². The summed E-state index contributed by atoms with van der Waals surface area (Å²) in [4.78, 5) is 26.9. The minimum Gasteiger partial charge on any atom is -0.353 e. The Morgan fingerprint density at radius 1 is 1.50 bits per heavy atom. The molecule has 96 valence electrons. The van der Waals surface area contributed by atoms with Gasteiger partial charge in [-0.15, -0.1) is 11.3 Å². The summed E-state index contributed by atoms with van der Waals surface area (Å²) in [5, 5.41) is 5.00. The van der Waals surface area contributed by atoms with Gasteiger partial charge >= 0.3 is 0 Å². The minimum atomic E-state index is -0.234. The third kappa shape index (κ3) is 2.03. The molecule has 2 fully saturated rings. The molecule has 1 N–H and O–H groups in total. The zero-order valence-electron chi connectivity index (χ0n) is 10.3. The maximum absolute atomic E-state index is 12.2. The second-order valence-electron chi connectivity index (χ2n) is 5.06. The van der Waals surface area contributed by atoms with Gasteiger partial charge in [0.25, 0.3) is 0 Å². The predicted octanol–water partition coefficient (Wildman–Crippen LogP) is 1.55. The monoisotopic (exact) mass is 264 g/mol. The maximum Gasteiger partial charge on any atom is 0.226 e.